The molecule has 1 atom stereocenters. The number of carbonyl (C=O) groups is 1. The minimum Gasteiger partial charge on any atom is -0.449 e. The van der Waals surface area contributed by atoms with E-state index in [9.17, 15) is 4.79 Å². The van der Waals surface area contributed by atoms with Crippen molar-refractivity contribution in [1.29, 1.82) is 0 Å². The van der Waals surface area contributed by atoms with Gasteiger partial charge in [-0.15, -0.1) is 0 Å². The van der Waals surface area contributed by atoms with Gasteiger partial charge in [-0.1, -0.05) is 23.4 Å². The number of ether oxygens (including phenoxy) is 1. The third kappa shape index (κ3) is 3.39. The number of benzene rings is 1. The Balaban J connectivity index is 1.74. The van der Waals surface area contributed by atoms with Gasteiger partial charge in [0.15, 0.2) is 11.9 Å². The molecule has 7 nitrogen and oxygen atoms in total. The van der Waals surface area contributed by atoms with Gasteiger partial charge in [-0.25, -0.2) is 9.78 Å². The lowest BCUT2D eigenvalue weighted by Gasteiger charge is -2.12. The molecule has 4 rings (SSSR count). The van der Waals surface area contributed by atoms with E-state index >= 15 is 0 Å². The Labute approximate surface area is 155 Å². The maximum absolute atomic E-state index is 12.9. The molecule has 3 aromatic heterocycles. The van der Waals surface area contributed by atoms with Crippen LogP contribution in [0.15, 0.2) is 59.4 Å². The zero-order valence-electron chi connectivity index (χ0n) is 14.8. The number of pyridine rings is 2. The van der Waals surface area contributed by atoms with Gasteiger partial charge in [0.1, 0.15) is 0 Å². The lowest BCUT2D eigenvalue weighted by Crippen LogP contribution is -2.11. The van der Waals surface area contributed by atoms with Crippen molar-refractivity contribution in [3.8, 4) is 11.3 Å². The molecule has 0 saturated carbocycles. The highest BCUT2D eigenvalue weighted by Crippen LogP contribution is 2.26. The third-order valence-electron chi connectivity index (χ3n) is 4.09. The van der Waals surface area contributed by atoms with Gasteiger partial charge in [-0.2, -0.15) is 4.98 Å². The highest BCUT2D eigenvalue weighted by Gasteiger charge is 2.21. The van der Waals surface area contributed by atoms with Gasteiger partial charge in [0, 0.05) is 23.3 Å². The van der Waals surface area contributed by atoms with Gasteiger partial charge in [0.05, 0.1) is 16.8 Å². The zero-order chi connectivity index (χ0) is 18.8. The number of nitrogens with zero attached hydrogens (tertiary/aromatic N) is 4. The molecule has 134 valence electrons. The topological polar surface area (TPSA) is 91.0 Å². The molecule has 0 bridgehead atoms. The molecule has 7 heteroatoms. The number of esters is 1. The van der Waals surface area contributed by atoms with Gasteiger partial charge >= 0.3 is 5.97 Å². The number of rotatable bonds is 4. The van der Waals surface area contributed by atoms with E-state index in [1.807, 2.05) is 36.4 Å². The van der Waals surface area contributed by atoms with E-state index in [-0.39, 0.29) is 5.89 Å². The van der Waals surface area contributed by atoms with Crippen molar-refractivity contribution in [3.63, 3.8) is 0 Å². The van der Waals surface area contributed by atoms with E-state index in [0.29, 0.717) is 28.0 Å². The predicted molar refractivity (Wildman–Crippen MR) is 97.8 cm³/mol. The SMILES string of the molecule is Cc1noc([C@@H](C)OC(=O)c2cc(-c3ccncc3)nc3ccccc23)n1. The molecule has 1 aromatic carbocycles. The quantitative estimate of drug-likeness (QED) is 0.510. The van der Waals surface area contributed by atoms with Crippen molar-refractivity contribution in [2.45, 2.75) is 20.0 Å². The van der Waals surface area contributed by atoms with Crippen LogP contribution in [-0.4, -0.2) is 26.1 Å². The van der Waals surface area contributed by atoms with Crippen LogP contribution in [0.2, 0.25) is 0 Å². The largest absolute Gasteiger partial charge is 0.449 e. The Hall–Kier alpha value is -3.61. The molecule has 4 aromatic rings. The molecule has 3 heterocycles. The van der Waals surface area contributed by atoms with E-state index in [4.69, 9.17) is 9.26 Å². The second-order valence-corrected chi connectivity index (χ2v) is 6.04. The summed E-state index contributed by atoms with van der Waals surface area (Å²) >= 11 is 0. The summed E-state index contributed by atoms with van der Waals surface area (Å²) in [6.45, 7) is 3.40. The highest BCUT2D eigenvalue weighted by molar-refractivity contribution is 6.04. The van der Waals surface area contributed by atoms with Gasteiger partial charge in [0.2, 0.25) is 0 Å². The summed E-state index contributed by atoms with van der Waals surface area (Å²) in [5, 5.41) is 4.44. The maximum atomic E-state index is 12.9. The number of aromatic nitrogens is 4. The van der Waals surface area contributed by atoms with E-state index < -0.39 is 12.1 Å². The van der Waals surface area contributed by atoms with Gasteiger partial charge in [-0.05, 0) is 38.1 Å². The van der Waals surface area contributed by atoms with Crippen LogP contribution in [0.1, 0.15) is 35.1 Å². The first-order valence-corrected chi connectivity index (χ1v) is 8.43. The number of hydrogen-bond donors (Lipinski definition) is 0. The maximum Gasteiger partial charge on any atom is 0.339 e. The Morgan fingerprint density at radius 1 is 1.11 bits per heavy atom. The number of hydrogen-bond acceptors (Lipinski definition) is 7. The molecule has 0 radical (unpaired) electrons. The predicted octanol–water partition coefficient (Wildman–Crippen LogP) is 3.91. The van der Waals surface area contributed by atoms with Crippen LogP contribution in [0.5, 0.6) is 0 Å². The molecule has 0 unspecified atom stereocenters. The van der Waals surface area contributed by atoms with Crippen LogP contribution in [0.3, 0.4) is 0 Å². The van der Waals surface area contributed by atoms with Crippen LogP contribution in [0.4, 0.5) is 0 Å². The summed E-state index contributed by atoms with van der Waals surface area (Å²) < 4.78 is 10.6. The first kappa shape index (κ1) is 16.8. The highest BCUT2D eigenvalue weighted by atomic mass is 16.6. The minimum absolute atomic E-state index is 0.258. The first-order valence-electron chi connectivity index (χ1n) is 8.43. The normalized spacial score (nSPS) is 12.1. The van der Waals surface area contributed by atoms with Gasteiger partial charge in [0.25, 0.3) is 5.89 Å². The molecular formula is C20H16N4O3. The van der Waals surface area contributed by atoms with Gasteiger partial charge in [-0.3, -0.25) is 4.98 Å². The van der Waals surface area contributed by atoms with Crippen molar-refractivity contribution < 1.29 is 14.1 Å². The van der Waals surface area contributed by atoms with Crippen molar-refractivity contribution in [1.82, 2.24) is 20.1 Å². The van der Waals surface area contributed by atoms with E-state index in [1.165, 1.54) is 0 Å². The zero-order valence-corrected chi connectivity index (χ0v) is 14.8. The number of aryl methyl sites for hydroxylation is 1. The van der Waals surface area contributed by atoms with Crippen molar-refractivity contribution in [3.05, 3.63) is 72.1 Å². The van der Waals surface area contributed by atoms with E-state index in [1.54, 1.807) is 32.3 Å². The molecule has 0 amide bonds. The van der Waals surface area contributed by atoms with Crippen molar-refractivity contribution in [2.24, 2.45) is 0 Å². The molecule has 0 aliphatic heterocycles. The Kier molecular flexibility index (Phi) is 4.33. The molecule has 0 spiro atoms. The fraction of sp³-hybridized carbons (Fsp3) is 0.150. The Morgan fingerprint density at radius 3 is 2.63 bits per heavy atom. The van der Waals surface area contributed by atoms with E-state index in [2.05, 4.69) is 20.1 Å². The fourth-order valence-corrected chi connectivity index (χ4v) is 2.77. The number of fused-ring (bicyclic) bond motifs is 1. The van der Waals surface area contributed by atoms with Crippen LogP contribution in [0, 0.1) is 6.92 Å². The number of carbonyl (C=O) groups excluding carboxylic acids is 1. The summed E-state index contributed by atoms with van der Waals surface area (Å²) in [5.41, 5.74) is 2.67. The summed E-state index contributed by atoms with van der Waals surface area (Å²) in [4.78, 5) is 25.7. The third-order valence-corrected chi connectivity index (χ3v) is 4.09. The smallest absolute Gasteiger partial charge is 0.339 e. The summed E-state index contributed by atoms with van der Waals surface area (Å²) in [7, 11) is 0. The second kappa shape index (κ2) is 6.95. The first-order chi connectivity index (χ1) is 13.1. The number of para-hydroxylation sites is 1. The second-order valence-electron chi connectivity index (χ2n) is 6.04. The van der Waals surface area contributed by atoms with Crippen LogP contribution in [-0.2, 0) is 4.74 Å². The van der Waals surface area contributed by atoms with Gasteiger partial charge < -0.3 is 9.26 Å². The fourth-order valence-electron chi connectivity index (χ4n) is 2.77. The molecular weight excluding hydrogens is 344 g/mol. The molecule has 0 saturated heterocycles. The standard InChI is InChI=1S/C20H16N4O3/c1-12(19-22-13(2)24-27-19)26-20(25)16-11-18(14-7-9-21-10-8-14)23-17-6-4-3-5-15(16)17/h3-12H,1-2H3/t12-/m1/s1. The minimum atomic E-state index is -0.657. The van der Waals surface area contributed by atoms with Crippen molar-refractivity contribution in [2.75, 3.05) is 0 Å². The van der Waals surface area contributed by atoms with E-state index in [0.717, 1.165) is 5.56 Å². The Bertz CT molecular complexity index is 1110. The Morgan fingerprint density at radius 2 is 1.89 bits per heavy atom. The molecule has 27 heavy (non-hydrogen) atoms. The van der Waals surface area contributed by atoms with Crippen LogP contribution >= 0.6 is 0 Å². The average molecular weight is 360 g/mol. The summed E-state index contributed by atoms with van der Waals surface area (Å²) in [6, 6.07) is 12.9. The lowest BCUT2D eigenvalue weighted by molar-refractivity contribution is 0.0267. The lowest BCUT2D eigenvalue weighted by atomic mass is 10.0. The molecule has 0 aliphatic rings. The molecule has 0 aliphatic carbocycles. The van der Waals surface area contributed by atoms with Crippen LogP contribution < -0.4 is 0 Å². The monoisotopic (exact) mass is 360 g/mol. The summed E-state index contributed by atoms with van der Waals surface area (Å²) in [5.74, 6) is 0.267. The molecule has 0 N–H and O–H groups in total. The molecule has 0 fully saturated rings. The van der Waals surface area contributed by atoms with Crippen LogP contribution in [0.25, 0.3) is 22.2 Å². The van der Waals surface area contributed by atoms with Crippen molar-refractivity contribution >= 4 is 16.9 Å². The average Bonchev–Trinajstić information content (AvgIpc) is 3.14. The summed E-state index contributed by atoms with van der Waals surface area (Å²) in [6.07, 6.45) is 2.71.